The van der Waals surface area contributed by atoms with E-state index in [1.165, 1.54) is 17.3 Å². The number of aromatic nitrogens is 3. The van der Waals surface area contributed by atoms with Crippen LogP contribution in [0.2, 0.25) is 0 Å². The second-order valence-corrected chi connectivity index (χ2v) is 4.89. The summed E-state index contributed by atoms with van der Waals surface area (Å²) in [6.45, 7) is 0.537. The first-order valence-corrected chi connectivity index (χ1v) is 6.48. The maximum Gasteiger partial charge on any atom is 0.306 e. The summed E-state index contributed by atoms with van der Waals surface area (Å²) in [6, 6.07) is 0. The molecule has 19 heavy (non-hydrogen) atoms. The molecular weight excluding hydrogens is 248 g/mol. The van der Waals surface area contributed by atoms with Crippen LogP contribution in [0.25, 0.3) is 0 Å². The third-order valence-electron chi connectivity index (χ3n) is 3.56. The molecule has 2 N–H and O–H groups in total. The quantitative estimate of drug-likeness (QED) is 0.798. The van der Waals surface area contributed by atoms with Gasteiger partial charge in [-0.3, -0.25) is 9.59 Å². The molecule has 1 heterocycles. The van der Waals surface area contributed by atoms with Gasteiger partial charge in [-0.05, 0) is 18.8 Å². The molecule has 0 spiro atoms. The molecule has 0 bridgehead atoms. The number of aliphatic carboxylic acids is 1. The summed E-state index contributed by atoms with van der Waals surface area (Å²) in [5, 5.41) is 15.8. The van der Waals surface area contributed by atoms with E-state index >= 15 is 0 Å². The first kappa shape index (κ1) is 13.5. The molecule has 0 radical (unpaired) electrons. The largest absolute Gasteiger partial charge is 0.481 e. The van der Waals surface area contributed by atoms with Crippen LogP contribution >= 0.6 is 0 Å². The lowest BCUT2D eigenvalue weighted by atomic mass is 9.79. The predicted molar refractivity (Wildman–Crippen MR) is 66.1 cm³/mol. The Hall–Kier alpha value is -1.92. The van der Waals surface area contributed by atoms with E-state index in [4.69, 9.17) is 5.11 Å². The van der Waals surface area contributed by atoms with Gasteiger partial charge in [-0.1, -0.05) is 12.8 Å². The van der Waals surface area contributed by atoms with Crippen LogP contribution in [0.1, 0.15) is 25.7 Å². The molecule has 2 rings (SSSR count). The Labute approximate surface area is 111 Å². The van der Waals surface area contributed by atoms with E-state index in [1.54, 1.807) is 0 Å². The highest BCUT2D eigenvalue weighted by atomic mass is 16.4. The summed E-state index contributed by atoms with van der Waals surface area (Å²) in [5.74, 6) is -1.22. The fraction of sp³-hybridized carbons (Fsp3) is 0.667. The second kappa shape index (κ2) is 6.31. The highest BCUT2D eigenvalue weighted by Crippen LogP contribution is 2.29. The van der Waals surface area contributed by atoms with Crippen molar-refractivity contribution < 1.29 is 14.7 Å². The van der Waals surface area contributed by atoms with Gasteiger partial charge < -0.3 is 10.4 Å². The number of carbonyl (C=O) groups excluding carboxylic acids is 1. The number of amides is 1. The molecule has 1 fully saturated rings. The zero-order valence-electron chi connectivity index (χ0n) is 10.7. The lowest BCUT2D eigenvalue weighted by molar-refractivity contribution is -0.145. The lowest BCUT2D eigenvalue weighted by Crippen LogP contribution is -2.38. The fourth-order valence-corrected chi connectivity index (χ4v) is 2.54. The molecule has 1 aromatic rings. The highest BCUT2D eigenvalue weighted by molar-refractivity contribution is 5.75. The Bertz CT molecular complexity index is 432. The van der Waals surface area contributed by atoms with Gasteiger partial charge in [0.15, 0.2) is 0 Å². The molecule has 7 heteroatoms. The highest BCUT2D eigenvalue weighted by Gasteiger charge is 2.30. The van der Waals surface area contributed by atoms with E-state index in [9.17, 15) is 9.59 Å². The van der Waals surface area contributed by atoms with Crippen LogP contribution in [-0.2, 0) is 16.1 Å². The average molecular weight is 266 g/mol. The van der Waals surface area contributed by atoms with Crippen molar-refractivity contribution in [1.82, 2.24) is 20.1 Å². The van der Waals surface area contributed by atoms with Crippen LogP contribution in [0.15, 0.2) is 12.7 Å². The molecule has 1 amide bonds. The molecule has 1 aromatic heterocycles. The molecule has 1 aliphatic carbocycles. The van der Waals surface area contributed by atoms with Crippen LogP contribution in [0.5, 0.6) is 0 Å². The molecule has 2 atom stereocenters. The topological polar surface area (TPSA) is 97.1 Å². The van der Waals surface area contributed by atoms with E-state index < -0.39 is 5.97 Å². The summed E-state index contributed by atoms with van der Waals surface area (Å²) < 4.78 is 1.44. The zero-order valence-corrected chi connectivity index (χ0v) is 10.7. The Morgan fingerprint density at radius 1 is 1.37 bits per heavy atom. The van der Waals surface area contributed by atoms with Crippen LogP contribution < -0.4 is 5.32 Å². The monoisotopic (exact) mass is 266 g/mol. The summed E-state index contributed by atoms with van der Waals surface area (Å²) in [5.41, 5.74) is 0. The third kappa shape index (κ3) is 3.77. The molecule has 2 unspecified atom stereocenters. The van der Waals surface area contributed by atoms with Crippen molar-refractivity contribution in [1.29, 1.82) is 0 Å². The number of carbonyl (C=O) groups is 2. The van der Waals surface area contributed by atoms with Crippen molar-refractivity contribution in [2.45, 2.75) is 32.2 Å². The van der Waals surface area contributed by atoms with Gasteiger partial charge in [0.2, 0.25) is 5.91 Å². The number of hydrogen-bond acceptors (Lipinski definition) is 4. The van der Waals surface area contributed by atoms with Gasteiger partial charge in [0.05, 0.1) is 5.92 Å². The van der Waals surface area contributed by atoms with Gasteiger partial charge in [-0.15, -0.1) is 0 Å². The van der Waals surface area contributed by atoms with E-state index in [1.807, 2.05) is 0 Å². The van der Waals surface area contributed by atoms with Crippen LogP contribution in [0.4, 0.5) is 0 Å². The van der Waals surface area contributed by atoms with Crippen LogP contribution in [0.3, 0.4) is 0 Å². The minimum absolute atomic E-state index is 0.0333. The summed E-state index contributed by atoms with van der Waals surface area (Å²) >= 11 is 0. The molecule has 1 saturated carbocycles. The number of hydrogen-bond donors (Lipinski definition) is 2. The van der Waals surface area contributed by atoms with Gasteiger partial charge in [0.25, 0.3) is 0 Å². The average Bonchev–Trinajstić information content (AvgIpc) is 2.89. The molecule has 0 aromatic carbocycles. The Kier molecular flexibility index (Phi) is 4.48. The number of carboxylic acids is 1. The number of carboxylic acid groups (broad SMARTS) is 1. The van der Waals surface area contributed by atoms with Crippen molar-refractivity contribution in [2.75, 3.05) is 6.54 Å². The van der Waals surface area contributed by atoms with Crippen molar-refractivity contribution in [3.63, 3.8) is 0 Å². The molecule has 7 nitrogen and oxygen atoms in total. The van der Waals surface area contributed by atoms with Gasteiger partial charge in [-0.2, -0.15) is 5.10 Å². The Morgan fingerprint density at radius 2 is 2.16 bits per heavy atom. The lowest BCUT2D eigenvalue weighted by Gasteiger charge is -2.28. The Balaban J connectivity index is 1.80. The van der Waals surface area contributed by atoms with Crippen molar-refractivity contribution >= 4 is 11.9 Å². The van der Waals surface area contributed by atoms with Crippen LogP contribution in [0, 0.1) is 11.8 Å². The minimum atomic E-state index is -0.754. The van der Waals surface area contributed by atoms with Gasteiger partial charge >= 0.3 is 5.97 Å². The number of rotatable bonds is 5. The number of nitrogens with zero attached hydrogens (tertiary/aromatic N) is 3. The fourth-order valence-electron chi connectivity index (χ4n) is 2.54. The third-order valence-corrected chi connectivity index (χ3v) is 3.56. The van der Waals surface area contributed by atoms with E-state index in [-0.39, 0.29) is 24.3 Å². The van der Waals surface area contributed by atoms with Gasteiger partial charge in [0, 0.05) is 6.54 Å². The maximum atomic E-state index is 11.7. The normalized spacial score (nSPS) is 22.9. The maximum absolute atomic E-state index is 11.7. The van der Waals surface area contributed by atoms with Crippen molar-refractivity contribution in [3.05, 3.63) is 12.7 Å². The van der Waals surface area contributed by atoms with E-state index in [0.717, 1.165) is 19.3 Å². The van der Waals surface area contributed by atoms with Crippen LogP contribution in [-0.4, -0.2) is 38.3 Å². The molecular formula is C12H18N4O3. The standard InChI is InChI=1S/C12H18N4O3/c17-11(6-16-8-13-7-15-16)14-5-9-3-1-2-4-10(9)12(18)19/h7-10H,1-6H2,(H,14,17)(H,18,19). The van der Waals surface area contributed by atoms with Gasteiger partial charge in [-0.25, -0.2) is 9.67 Å². The number of nitrogens with one attached hydrogen (secondary N) is 1. The second-order valence-electron chi connectivity index (χ2n) is 4.89. The molecule has 104 valence electrons. The van der Waals surface area contributed by atoms with E-state index in [2.05, 4.69) is 15.4 Å². The Morgan fingerprint density at radius 3 is 2.84 bits per heavy atom. The predicted octanol–water partition coefficient (Wildman–Crippen LogP) is 0.285. The van der Waals surface area contributed by atoms with Gasteiger partial charge in [0.1, 0.15) is 19.2 Å². The summed E-state index contributed by atoms with van der Waals surface area (Å²) in [6.07, 6.45) is 6.41. The van der Waals surface area contributed by atoms with Crippen molar-refractivity contribution in [3.8, 4) is 0 Å². The van der Waals surface area contributed by atoms with E-state index in [0.29, 0.717) is 13.0 Å². The smallest absolute Gasteiger partial charge is 0.306 e. The zero-order chi connectivity index (χ0) is 13.7. The summed E-state index contributed by atoms with van der Waals surface area (Å²) in [4.78, 5) is 26.6. The SMILES string of the molecule is O=C(Cn1cncn1)NCC1CCCCC1C(=O)O. The molecule has 1 aliphatic rings. The van der Waals surface area contributed by atoms with Crippen molar-refractivity contribution in [2.24, 2.45) is 11.8 Å². The summed E-state index contributed by atoms with van der Waals surface area (Å²) in [7, 11) is 0. The molecule has 0 aliphatic heterocycles. The molecule has 0 saturated heterocycles. The first-order chi connectivity index (χ1) is 9.16. The minimum Gasteiger partial charge on any atom is -0.481 e. The first-order valence-electron chi connectivity index (χ1n) is 6.48.